The van der Waals surface area contributed by atoms with Crippen molar-refractivity contribution in [3.63, 3.8) is 0 Å². The number of esters is 1. The van der Waals surface area contributed by atoms with E-state index in [9.17, 15) is 102 Å². The molecule has 29 unspecified atom stereocenters. The van der Waals surface area contributed by atoms with Gasteiger partial charge in [0.15, 0.2) is 6.29 Å². The predicted octanol–water partition coefficient (Wildman–Crippen LogP) is 3.74. The van der Waals surface area contributed by atoms with Crippen molar-refractivity contribution in [2.45, 2.75) is 341 Å². The zero-order valence-corrected chi connectivity index (χ0v) is 62.7. The van der Waals surface area contributed by atoms with Gasteiger partial charge >= 0.3 is 5.97 Å². The molecule has 100 heavy (non-hydrogen) atoms. The van der Waals surface area contributed by atoms with Crippen LogP contribution in [0.1, 0.15) is 206 Å². The smallest absolute Gasteiger partial charge is 0.306 e. The van der Waals surface area contributed by atoms with E-state index in [1.165, 1.54) is 19.1 Å². The lowest BCUT2D eigenvalue weighted by Crippen LogP contribution is -2.60. The molecule has 0 aromatic heterocycles. The molecule has 1 saturated heterocycles. The van der Waals surface area contributed by atoms with E-state index in [2.05, 4.69) is 6.92 Å². The Hall–Kier alpha value is -2.45. The zero-order valence-electron chi connectivity index (χ0n) is 62.7. The first kappa shape index (κ1) is 93.6. The Labute approximate surface area is 597 Å². The maximum absolute atomic E-state index is 13.7. The summed E-state index contributed by atoms with van der Waals surface area (Å²) < 4.78 is 17.9. The summed E-state index contributed by atoms with van der Waals surface area (Å²) in [6.07, 6.45) is -13.0. The van der Waals surface area contributed by atoms with Crippen LogP contribution in [-0.4, -0.2) is 251 Å². The maximum Gasteiger partial charge on any atom is 0.306 e. The molecule has 0 spiro atoms. The van der Waals surface area contributed by atoms with E-state index in [1.54, 1.807) is 74.5 Å². The summed E-state index contributed by atoms with van der Waals surface area (Å²) in [5.41, 5.74) is 6.42. The molecule has 588 valence electrons. The number of nitrogens with two attached hydrogens (primary N) is 1. The van der Waals surface area contributed by atoms with Gasteiger partial charge in [-0.05, 0) is 139 Å². The van der Waals surface area contributed by atoms with E-state index in [0.717, 1.165) is 0 Å². The topological polar surface area (TPSA) is 455 Å². The number of carbonyl (C=O) groups is 1. The van der Waals surface area contributed by atoms with E-state index in [4.69, 9.17) is 19.9 Å². The van der Waals surface area contributed by atoms with Gasteiger partial charge in [-0.2, -0.15) is 0 Å². The average Bonchev–Trinajstić information content (AvgIpc) is 0.809. The van der Waals surface area contributed by atoms with Crippen LogP contribution in [-0.2, 0) is 19.0 Å². The molecule has 0 aromatic carbocycles. The van der Waals surface area contributed by atoms with Gasteiger partial charge < -0.3 is 117 Å². The average molecular weight is 1440 g/mol. The fourth-order valence-corrected chi connectivity index (χ4v) is 14.2. The van der Waals surface area contributed by atoms with Gasteiger partial charge in [0, 0.05) is 60.2 Å². The Kier molecular flexibility index (Phi) is 44.3. The minimum Gasteiger partial charge on any atom is -0.462 e. The molecule has 0 amide bonds. The van der Waals surface area contributed by atoms with E-state index in [1.807, 2.05) is 32.9 Å². The number of ether oxygens (including phenoxy) is 3. The Bertz CT molecular complexity index is 2330. The van der Waals surface area contributed by atoms with Crippen LogP contribution in [0.2, 0.25) is 0 Å². The number of hydrogen-bond acceptors (Lipinski definition) is 24. The molecule has 24 heteroatoms. The number of hydrogen-bond donors (Lipinski definition) is 20. The first-order valence-electron chi connectivity index (χ1n) is 37.5. The van der Waals surface area contributed by atoms with Crippen LogP contribution >= 0.6 is 0 Å². The first-order chi connectivity index (χ1) is 46.7. The third kappa shape index (κ3) is 31.5. The molecule has 0 saturated carbocycles. The molecule has 2 rings (SSSR count). The predicted molar refractivity (Wildman–Crippen MR) is 382 cm³/mol. The van der Waals surface area contributed by atoms with Crippen LogP contribution in [0, 0.1) is 71.0 Å². The lowest BCUT2D eigenvalue weighted by Gasteiger charge is -2.41. The van der Waals surface area contributed by atoms with Crippen molar-refractivity contribution < 1.29 is 116 Å². The first-order valence-corrected chi connectivity index (χ1v) is 37.5. The lowest BCUT2D eigenvalue weighted by molar-refractivity contribution is -0.314. The maximum atomic E-state index is 13.7. The van der Waals surface area contributed by atoms with Crippen molar-refractivity contribution in [3.8, 4) is 0 Å². The molecule has 0 aromatic rings. The molecule has 21 N–H and O–H groups in total. The largest absolute Gasteiger partial charge is 0.462 e. The van der Waals surface area contributed by atoms with Gasteiger partial charge in [0.1, 0.15) is 36.6 Å². The number of rotatable bonds is 12. The van der Waals surface area contributed by atoms with Crippen LogP contribution in [0.5, 0.6) is 0 Å². The summed E-state index contributed by atoms with van der Waals surface area (Å²) >= 11 is 0. The third-order valence-corrected chi connectivity index (χ3v) is 22.1. The Morgan fingerprint density at radius 3 is 1.68 bits per heavy atom. The summed E-state index contributed by atoms with van der Waals surface area (Å²) in [5.74, 6) is -6.85. The zero-order chi connectivity index (χ0) is 76.2. The SMILES string of the molecule is C/C1=C\C(C)C(O)/C(C)=C/C(O[C@H]2O[C@H](CO)[C@@H](O)[C@H](O)[C@@H]2O)C(O)C(C)C(O)CC(O)/C=C/C(C)C(O)C(C)CCC(O)CC(O)C(C)C(O)C(C)C(O)CC(O)CC(O)C(C)C(C(C)CC(C)CCC(O)CCCN)OC(=O)CCCCCC(O)C(C)C(O)C(C)C/C=C/C(C)C1O. The number of allylic oxidation sites excluding steroid dienone is 1. The van der Waals surface area contributed by atoms with Gasteiger partial charge in [0.2, 0.25) is 0 Å². The van der Waals surface area contributed by atoms with Crippen LogP contribution < -0.4 is 5.73 Å². The normalized spacial score (nSPS) is 44.1. The van der Waals surface area contributed by atoms with Gasteiger partial charge in [-0.1, -0.05) is 132 Å². The molecule has 0 bridgehead atoms. The van der Waals surface area contributed by atoms with E-state index < -0.39 is 200 Å². The van der Waals surface area contributed by atoms with Gasteiger partial charge in [0.05, 0.1) is 98.2 Å². The summed E-state index contributed by atoms with van der Waals surface area (Å²) in [7, 11) is 0. The summed E-state index contributed by atoms with van der Waals surface area (Å²) in [4.78, 5) is 13.7. The fourth-order valence-electron chi connectivity index (χ4n) is 14.2. The Balaban J connectivity index is 2.48. The molecule has 1 fully saturated rings. The highest BCUT2D eigenvalue weighted by Gasteiger charge is 2.46. The van der Waals surface area contributed by atoms with Crippen molar-refractivity contribution in [2.75, 3.05) is 13.2 Å². The molecule has 24 nitrogen and oxygen atoms in total. The van der Waals surface area contributed by atoms with Crippen LogP contribution in [0.4, 0.5) is 0 Å². The quantitative estimate of drug-likeness (QED) is 0.0977. The third-order valence-electron chi connectivity index (χ3n) is 22.1. The highest BCUT2D eigenvalue weighted by atomic mass is 16.7. The summed E-state index contributed by atoms with van der Waals surface area (Å²) in [6, 6.07) is 0. The van der Waals surface area contributed by atoms with Crippen molar-refractivity contribution in [2.24, 2.45) is 76.7 Å². The summed E-state index contributed by atoms with van der Waals surface area (Å²) in [5, 5.41) is 212. The molecule has 34 atom stereocenters. The molecular formula is C76H141NO23. The minimum absolute atomic E-state index is 0.0653. The van der Waals surface area contributed by atoms with Crippen molar-refractivity contribution in [3.05, 3.63) is 47.6 Å². The van der Waals surface area contributed by atoms with Crippen molar-refractivity contribution >= 4 is 5.97 Å². The highest BCUT2D eigenvalue weighted by Crippen LogP contribution is 2.34. The number of cyclic esters (lactones) is 1. The second-order valence-electron chi connectivity index (χ2n) is 31.1. The number of aliphatic hydroxyl groups excluding tert-OH is 19. The molecule has 2 aliphatic rings. The van der Waals surface area contributed by atoms with Gasteiger partial charge in [-0.15, -0.1) is 0 Å². The van der Waals surface area contributed by atoms with Gasteiger partial charge in [-0.25, -0.2) is 0 Å². The second kappa shape index (κ2) is 47.3. The Morgan fingerprint density at radius 1 is 0.530 bits per heavy atom. The molecule has 0 aliphatic carbocycles. The number of aliphatic hydroxyl groups is 19. The molecular weight excluding hydrogens is 1290 g/mol. The van der Waals surface area contributed by atoms with Crippen LogP contribution in [0.3, 0.4) is 0 Å². The molecule has 0 radical (unpaired) electrons. The van der Waals surface area contributed by atoms with Gasteiger partial charge in [-0.3, -0.25) is 4.79 Å². The fraction of sp³-hybridized carbons (Fsp3) is 0.882. The van der Waals surface area contributed by atoms with Gasteiger partial charge in [0.25, 0.3) is 0 Å². The second-order valence-corrected chi connectivity index (χ2v) is 31.1. The van der Waals surface area contributed by atoms with E-state index >= 15 is 0 Å². The molecule has 2 aliphatic heterocycles. The van der Waals surface area contributed by atoms with Crippen molar-refractivity contribution in [1.82, 2.24) is 0 Å². The number of carbonyl (C=O) groups excluding carboxylic acids is 1. The minimum atomic E-state index is -1.88. The molecule has 2 heterocycles. The Morgan fingerprint density at radius 2 is 1.08 bits per heavy atom. The monoisotopic (exact) mass is 1440 g/mol. The van der Waals surface area contributed by atoms with E-state index in [-0.39, 0.29) is 61.9 Å². The van der Waals surface area contributed by atoms with E-state index in [0.29, 0.717) is 82.7 Å². The lowest BCUT2D eigenvalue weighted by atomic mass is 9.80. The van der Waals surface area contributed by atoms with Crippen molar-refractivity contribution in [1.29, 1.82) is 0 Å². The summed E-state index contributed by atoms with van der Waals surface area (Å²) in [6.45, 7) is 24.0. The van der Waals surface area contributed by atoms with Crippen LogP contribution in [0.25, 0.3) is 0 Å². The highest BCUT2D eigenvalue weighted by molar-refractivity contribution is 5.69. The van der Waals surface area contributed by atoms with Crippen LogP contribution in [0.15, 0.2) is 47.6 Å². The standard InChI is InChI=1S/C76H141NO23/c1-40(25-28-54(79)22-19-31-77)32-48(9)75-53(14)62(87)38-57(82)37-61(86)51(12)70(93)50(11)59(84)35-55(80)29-26-43(4)66(89)44(5)27-30-56(81)36-60(85)52(13)71(94)63(98-76-74(97)73(96)72(95)64(39-78)99-76)34-47(8)68(91)46(7)33-45(6)67(90)41(2)20-18-21-42(3)69(92)49(10)58(83)23-16-15-17-24-65(88)100-75/h18,20,27,30,33-34,40-44,46,48-64,66-76,78-87,89-97H,15-17,19,21-26,28-29,31-32,35-39,77H2,1-14H3/b20-18+,30-27+,45-33+,47-34+/t40?,41?,42?,43?,44?,46?,48?,49?,50?,51?,52?,53?,54?,55?,56?,57?,58?,59?,60?,61?,62?,63?,64-,66?,67?,68?,69?,70?,71?,72-,73+,74+,75?,76+/m1/s1.